The molecule has 0 saturated heterocycles. The van der Waals surface area contributed by atoms with Crippen molar-refractivity contribution in [1.82, 2.24) is 0 Å². The monoisotopic (exact) mass is 308 g/mol. The van der Waals surface area contributed by atoms with E-state index in [9.17, 15) is 4.79 Å². The van der Waals surface area contributed by atoms with E-state index < -0.39 is 0 Å². The van der Waals surface area contributed by atoms with Crippen LogP contribution in [-0.4, -0.2) is 12.5 Å². The molecule has 0 radical (unpaired) electrons. The Morgan fingerprint density at radius 2 is 1.91 bits per heavy atom. The van der Waals surface area contributed by atoms with Gasteiger partial charge in [-0.2, -0.15) is 0 Å². The van der Waals surface area contributed by atoms with Crippen LogP contribution in [0.4, 0.5) is 11.4 Å². The highest BCUT2D eigenvalue weighted by atomic mass is 16.2. The van der Waals surface area contributed by atoms with E-state index in [4.69, 9.17) is 0 Å². The maximum atomic E-state index is 11.9. The van der Waals surface area contributed by atoms with Crippen molar-refractivity contribution in [2.45, 2.75) is 32.6 Å². The first-order valence-corrected chi connectivity index (χ1v) is 8.42. The summed E-state index contributed by atoms with van der Waals surface area (Å²) in [7, 11) is 0. The predicted octanol–water partition coefficient (Wildman–Crippen LogP) is 4.39. The van der Waals surface area contributed by atoms with Crippen LogP contribution in [0.15, 0.2) is 48.5 Å². The van der Waals surface area contributed by atoms with Gasteiger partial charge >= 0.3 is 0 Å². The summed E-state index contributed by atoms with van der Waals surface area (Å²) in [5.74, 6) is 0.391. The summed E-state index contributed by atoms with van der Waals surface area (Å²) >= 11 is 0. The quantitative estimate of drug-likeness (QED) is 0.745. The van der Waals surface area contributed by atoms with Crippen molar-refractivity contribution in [3.05, 3.63) is 59.7 Å². The molecule has 0 aliphatic heterocycles. The average Bonchev–Trinajstić information content (AvgIpc) is 3.40. The highest BCUT2D eigenvalue weighted by molar-refractivity contribution is 5.94. The number of aryl methyl sites for hydroxylation is 2. The summed E-state index contributed by atoms with van der Waals surface area (Å²) in [6.45, 7) is 3.02. The maximum absolute atomic E-state index is 11.9. The van der Waals surface area contributed by atoms with Gasteiger partial charge in [-0.25, -0.2) is 0 Å². The summed E-state index contributed by atoms with van der Waals surface area (Å²) in [4.78, 5) is 11.9. The Morgan fingerprint density at radius 1 is 1.13 bits per heavy atom. The van der Waals surface area contributed by atoms with E-state index in [2.05, 4.69) is 47.9 Å². The van der Waals surface area contributed by atoms with Crippen LogP contribution >= 0.6 is 0 Å². The summed E-state index contributed by atoms with van der Waals surface area (Å²) in [5, 5.41) is 6.50. The molecule has 0 spiro atoms. The van der Waals surface area contributed by atoms with E-state index in [1.807, 2.05) is 18.2 Å². The van der Waals surface area contributed by atoms with Crippen molar-refractivity contribution >= 4 is 17.3 Å². The van der Waals surface area contributed by atoms with Crippen LogP contribution in [0.25, 0.3) is 0 Å². The average molecular weight is 308 g/mol. The number of hydrogen-bond acceptors (Lipinski definition) is 2. The zero-order valence-electron chi connectivity index (χ0n) is 13.6. The van der Waals surface area contributed by atoms with Gasteiger partial charge < -0.3 is 10.6 Å². The highest BCUT2D eigenvalue weighted by Gasteiger charge is 2.29. The van der Waals surface area contributed by atoms with E-state index >= 15 is 0 Å². The van der Waals surface area contributed by atoms with E-state index in [1.165, 1.54) is 11.1 Å². The van der Waals surface area contributed by atoms with Crippen LogP contribution in [0.3, 0.4) is 0 Å². The highest BCUT2D eigenvalue weighted by Crippen LogP contribution is 2.30. The molecule has 3 heteroatoms. The molecule has 1 fully saturated rings. The number of rotatable bonds is 7. The Morgan fingerprint density at radius 3 is 2.65 bits per heavy atom. The number of anilines is 2. The van der Waals surface area contributed by atoms with Gasteiger partial charge in [0.15, 0.2) is 0 Å². The molecule has 0 unspecified atom stereocenters. The van der Waals surface area contributed by atoms with Crippen LogP contribution in [0.5, 0.6) is 0 Å². The number of hydrogen-bond donors (Lipinski definition) is 2. The first-order chi connectivity index (χ1) is 11.2. The van der Waals surface area contributed by atoms with E-state index in [0.29, 0.717) is 0 Å². The van der Waals surface area contributed by atoms with Crippen molar-refractivity contribution < 1.29 is 4.79 Å². The van der Waals surface area contributed by atoms with Gasteiger partial charge in [-0.3, -0.25) is 4.79 Å². The molecule has 1 amide bonds. The summed E-state index contributed by atoms with van der Waals surface area (Å²) in [6, 6.07) is 16.6. The third-order valence-corrected chi connectivity index (χ3v) is 4.25. The van der Waals surface area contributed by atoms with Crippen LogP contribution in [0, 0.1) is 12.8 Å². The van der Waals surface area contributed by atoms with Gasteiger partial charge in [0.1, 0.15) is 0 Å². The topological polar surface area (TPSA) is 41.1 Å². The lowest BCUT2D eigenvalue weighted by Crippen LogP contribution is -2.13. The fourth-order valence-electron chi connectivity index (χ4n) is 2.64. The first kappa shape index (κ1) is 15.6. The second kappa shape index (κ2) is 7.32. The van der Waals surface area contributed by atoms with Crippen LogP contribution in [-0.2, 0) is 11.2 Å². The lowest BCUT2D eigenvalue weighted by Gasteiger charge is -2.12. The molecule has 3 rings (SSSR count). The SMILES string of the molecule is Cc1ccc(NC(=O)C2CC2)cc1NCCCc1ccccc1. The molecular formula is C20H24N2O. The summed E-state index contributed by atoms with van der Waals surface area (Å²) in [5.41, 5.74) is 4.57. The molecule has 1 aliphatic rings. The second-order valence-electron chi connectivity index (χ2n) is 6.31. The van der Waals surface area contributed by atoms with Crippen molar-refractivity contribution in [3.8, 4) is 0 Å². The normalized spacial score (nSPS) is 13.6. The number of benzene rings is 2. The Balaban J connectivity index is 1.51. The summed E-state index contributed by atoms with van der Waals surface area (Å²) < 4.78 is 0. The van der Waals surface area contributed by atoms with Gasteiger partial charge in [-0.1, -0.05) is 36.4 Å². The van der Waals surface area contributed by atoms with Crippen molar-refractivity contribution in [2.75, 3.05) is 17.2 Å². The third-order valence-electron chi connectivity index (χ3n) is 4.25. The van der Waals surface area contributed by atoms with Gasteiger partial charge in [0.25, 0.3) is 0 Å². The van der Waals surface area contributed by atoms with Crippen LogP contribution in [0.1, 0.15) is 30.4 Å². The minimum atomic E-state index is 0.156. The predicted molar refractivity (Wildman–Crippen MR) is 95.8 cm³/mol. The minimum Gasteiger partial charge on any atom is -0.385 e. The van der Waals surface area contributed by atoms with Gasteiger partial charge in [0, 0.05) is 23.8 Å². The molecule has 0 atom stereocenters. The zero-order chi connectivity index (χ0) is 16.1. The van der Waals surface area contributed by atoms with E-state index in [1.54, 1.807) is 0 Å². The Kier molecular flexibility index (Phi) is 4.96. The first-order valence-electron chi connectivity index (χ1n) is 8.42. The Hall–Kier alpha value is -2.29. The maximum Gasteiger partial charge on any atom is 0.227 e. The lowest BCUT2D eigenvalue weighted by atomic mass is 10.1. The van der Waals surface area contributed by atoms with E-state index in [-0.39, 0.29) is 11.8 Å². The zero-order valence-corrected chi connectivity index (χ0v) is 13.6. The number of amides is 1. The van der Waals surface area contributed by atoms with Gasteiger partial charge in [0.05, 0.1) is 0 Å². The molecule has 120 valence electrons. The fraction of sp³-hybridized carbons (Fsp3) is 0.350. The second-order valence-corrected chi connectivity index (χ2v) is 6.31. The molecule has 2 aromatic rings. The number of carbonyl (C=O) groups excluding carboxylic acids is 1. The Labute approximate surface area is 138 Å². The van der Waals surface area contributed by atoms with Gasteiger partial charge in [0.2, 0.25) is 5.91 Å². The molecule has 0 heterocycles. The largest absolute Gasteiger partial charge is 0.385 e. The molecule has 0 aromatic heterocycles. The minimum absolute atomic E-state index is 0.156. The van der Waals surface area contributed by atoms with Gasteiger partial charge in [-0.05, 0) is 55.9 Å². The molecule has 23 heavy (non-hydrogen) atoms. The summed E-state index contributed by atoms with van der Waals surface area (Å²) in [6.07, 6.45) is 4.22. The van der Waals surface area contributed by atoms with Crippen LogP contribution in [0.2, 0.25) is 0 Å². The molecule has 3 nitrogen and oxygen atoms in total. The molecule has 1 aliphatic carbocycles. The standard InChI is InChI=1S/C20H24N2O/c1-15-9-12-18(22-20(23)17-10-11-17)14-19(15)21-13-5-8-16-6-3-2-4-7-16/h2-4,6-7,9,12,14,17,21H,5,8,10-11,13H2,1H3,(H,22,23). The molecule has 1 saturated carbocycles. The van der Waals surface area contributed by atoms with Gasteiger partial charge in [-0.15, -0.1) is 0 Å². The molecule has 2 N–H and O–H groups in total. The molecule has 0 bridgehead atoms. The van der Waals surface area contributed by atoms with Crippen molar-refractivity contribution in [3.63, 3.8) is 0 Å². The molecule has 2 aromatic carbocycles. The molecular weight excluding hydrogens is 284 g/mol. The van der Waals surface area contributed by atoms with Crippen molar-refractivity contribution in [1.29, 1.82) is 0 Å². The van der Waals surface area contributed by atoms with E-state index in [0.717, 1.165) is 43.6 Å². The lowest BCUT2D eigenvalue weighted by molar-refractivity contribution is -0.117. The number of nitrogens with one attached hydrogen (secondary N) is 2. The van der Waals surface area contributed by atoms with Crippen molar-refractivity contribution in [2.24, 2.45) is 5.92 Å². The third kappa shape index (κ3) is 4.59. The number of carbonyl (C=O) groups is 1. The fourth-order valence-corrected chi connectivity index (χ4v) is 2.64. The van der Waals surface area contributed by atoms with Crippen LogP contribution < -0.4 is 10.6 Å². The smallest absolute Gasteiger partial charge is 0.227 e. The Bertz CT molecular complexity index is 663.